The fourth-order valence-corrected chi connectivity index (χ4v) is 1.94. The SMILES string of the molecule is CC(C)C(=O)C1CCC(C(=O)O)C1. The molecule has 2 unspecified atom stereocenters. The van der Waals surface area contributed by atoms with E-state index in [1.807, 2.05) is 13.8 Å². The standard InChI is InChI=1S/C10H16O3/c1-6(2)9(11)7-3-4-8(5-7)10(12)13/h6-8H,3-5H2,1-2H3,(H,12,13). The molecular weight excluding hydrogens is 168 g/mol. The van der Waals surface area contributed by atoms with Crippen molar-refractivity contribution in [3.8, 4) is 0 Å². The summed E-state index contributed by atoms with van der Waals surface area (Å²) >= 11 is 0. The molecule has 0 spiro atoms. The third kappa shape index (κ3) is 2.29. The van der Waals surface area contributed by atoms with E-state index in [1.54, 1.807) is 0 Å². The van der Waals surface area contributed by atoms with Gasteiger partial charge in [-0.1, -0.05) is 13.8 Å². The predicted molar refractivity (Wildman–Crippen MR) is 48.3 cm³/mol. The van der Waals surface area contributed by atoms with Gasteiger partial charge in [-0.25, -0.2) is 0 Å². The van der Waals surface area contributed by atoms with Gasteiger partial charge in [0.15, 0.2) is 0 Å². The van der Waals surface area contributed by atoms with E-state index in [1.165, 1.54) is 0 Å². The van der Waals surface area contributed by atoms with Crippen molar-refractivity contribution in [2.45, 2.75) is 33.1 Å². The lowest BCUT2D eigenvalue weighted by Gasteiger charge is -2.10. The number of aliphatic carboxylic acids is 1. The van der Waals surface area contributed by atoms with Gasteiger partial charge in [-0.2, -0.15) is 0 Å². The van der Waals surface area contributed by atoms with Crippen molar-refractivity contribution in [2.75, 3.05) is 0 Å². The van der Waals surface area contributed by atoms with E-state index in [0.717, 1.165) is 6.42 Å². The highest BCUT2D eigenvalue weighted by molar-refractivity contribution is 5.84. The van der Waals surface area contributed by atoms with Gasteiger partial charge in [-0.15, -0.1) is 0 Å². The number of rotatable bonds is 3. The second kappa shape index (κ2) is 3.90. The number of hydrogen-bond donors (Lipinski definition) is 1. The molecule has 0 radical (unpaired) electrons. The summed E-state index contributed by atoms with van der Waals surface area (Å²) in [7, 11) is 0. The quantitative estimate of drug-likeness (QED) is 0.726. The van der Waals surface area contributed by atoms with Gasteiger partial charge in [0.25, 0.3) is 0 Å². The van der Waals surface area contributed by atoms with Gasteiger partial charge in [-0.3, -0.25) is 9.59 Å². The van der Waals surface area contributed by atoms with Crippen molar-refractivity contribution < 1.29 is 14.7 Å². The van der Waals surface area contributed by atoms with Gasteiger partial charge in [-0.05, 0) is 19.3 Å². The fourth-order valence-electron chi connectivity index (χ4n) is 1.94. The topological polar surface area (TPSA) is 54.4 Å². The number of Topliss-reactive ketones (excluding diaryl/α,β-unsaturated/α-hetero) is 1. The summed E-state index contributed by atoms with van der Waals surface area (Å²) in [5.41, 5.74) is 0. The Morgan fingerprint density at radius 1 is 1.23 bits per heavy atom. The molecule has 0 amide bonds. The molecule has 1 aliphatic rings. The third-order valence-electron chi connectivity index (χ3n) is 2.75. The second-order valence-corrected chi connectivity index (χ2v) is 4.10. The number of ketones is 1. The summed E-state index contributed by atoms with van der Waals surface area (Å²) in [5, 5.41) is 8.74. The Morgan fingerprint density at radius 2 is 1.77 bits per heavy atom. The molecular formula is C10H16O3. The van der Waals surface area contributed by atoms with E-state index >= 15 is 0 Å². The Labute approximate surface area is 78.1 Å². The largest absolute Gasteiger partial charge is 0.481 e. The third-order valence-corrected chi connectivity index (χ3v) is 2.75. The number of carbonyl (C=O) groups is 2. The summed E-state index contributed by atoms with van der Waals surface area (Å²) in [4.78, 5) is 22.1. The van der Waals surface area contributed by atoms with Crippen LogP contribution in [0.5, 0.6) is 0 Å². The van der Waals surface area contributed by atoms with Crippen molar-refractivity contribution in [2.24, 2.45) is 17.8 Å². The Bertz CT molecular complexity index is 220. The lowest BCUT2D eigenvalue weighted by molar-refractivity contribution is -0.141. The maximum atomic E-state index is 11.5. The summed E-state index contributed by atoms with van der Waals surface area (Å²) in [6.45, 7) is 3.74. The van der Waals surface area contributed by atoms with Gasteiger partial charge >= 0.3 is 5.97 Å². The zero-order chi connectivity index (χ0) is 10.0. The van der Waals surface area contributed by atoms with E-state index in [2.05, 4.69) is 0 Å². The normalized spacial score (nSPS) is 27.9. The van der Waals surface area contributed by atoms with E-state index in [0.29, 0.717) is 12.8 Å². The molecule has 1 fully saturated rings. The Morgan fingerprint density at radius 3 is 2.15 bits per heavy atom. The van der Waals surface area contributed by atoms with Crippen LogP contribution in [0.25, 0.3) is 0 Å². The molecule has 0 bridgehead atoms. The van der Waals surface area contributed by atoms with E-state index in [-0.39, 0.29) is 23.5 Å². The molecule has 74 valence electrons. The molecule has 0 aromatic heterocycles. The van der Waals surface area contributed by atoms with Gasteiger partial charge in [0, 0.05) is 11.8 Å². The summed E-state index contributed by atoms with van der Waals surface area (Å²) in [6, 6.07) is 0. The molecule has 1 saturated carbocycles. The Hall–Kier alpha value is -0.860. The molecule has 1 N–H and O–H groups in total. The van der Waals surface area contributed by atoms with Crippen LogP contribution in [0.4, 0.5) is 0 Å². The molecule has 2 atom stereocenters. The van der Waals surface area contributed by atoms with Gasteiger partial charge < -0.3 is 5.11 Å². The first-order valence-electron chi connectivity index (χ1n) is 4.79. The van der Waals surface area contributed by atoms with Crippen LogP contribution < -0.4 is 0 Å². The minimum Gasteiger partial charge on any atom is -0.481 e. The second-order valence-electron chi connectivity index (χ2n) is 4.10. The van der Waals surface area contributed by atoms with Gasteiger partial charge in [0.05, 0.1) is 5.92 Å². The average molecular weight is 184 g/mol. The molecule has 0 saturated heterocycles. The molecule has 0 aliphatic heterocycles. The van der Waals surface area contributed by atoms with Crippen LogP contribution in [0.2, 0.25) is 0 Å². The average Bonchev–Trinajstić information content (AvgIpc) is 2.50. The zero-order valence-electron chi connectivity index (χ0n) is 8.12. The van der Waals surface area contributed by atoms with E-state index < -0.39 is 5.97 Å². The van der Waals surface area contributed by atoms with Crippen LogP contribution >= 0.6 is 0 Å². The summed E-state index contributed by atoms with van der Waals surface area (Å²) < 4.78 is 0. The van der Waals surface area contributed by atoms with Crippen LogP contribution in [0.3, 0.4) is 0 Å². The maximum absolute atomic E-state index is 11.5. The van der Waals surface area contributed by atoms with Gasteiger partial charge in [0.2, 0.25) is 0 Å². The molecule has 0 aromatic carbocycles. The minimum atomic E-state index is -0.751. The highest BCUT2D eigenvalue weighted by atomic mass is 16.4. The number of hydrogen-bond acceptors (Lipinski definition) is 2. The zero-order valence-corrected chi connectivity index (χ0v) is 8.12. The molecule has 3 heteroatoms. The minimum absolute atomic E-state index is 0.00102. The molecule has 0 heterocycles. The lowest BCUT2D eigenvalue weighted by Crippen LogP contribution is -2.18. The monoisotopic (exact) mass is 184 g/mol. The molecule has 1 rings (SSSR count). The van der Waals surface area contributed by atoms with Crippen LogP contribution in [0.1, 0.15) is 33.1 Å². The smallest absolute Gasteiger partial charge is 0.306 e. The molecule has 1 aliphatic carbocycles. The van der Waals surface area contributed by atoms with Crippen molar-refractivity contribution in [3.63, 3.8) is 0 Å². The predicted octanol–water partition coefficient (Wildman–Crippen LogP) is 1.71. The highest BCUT2D eigenvalue weighted by Gasteiger charge is 2.34. The Kier molecular flexibility index (Phi) is 3.07. The highest BCUT2D eigenvalue weighted by Crippen LogP contribution is 2.32. The fraction of sp³-hybridized carbons (Fsp3) is 0.800. The van der Waals surface area contributed by atoms with Crippen LogP contribution in [0, 0.1) is 17.8 Å². The van der Waals surface area contributed by atoms with Crippen molar-refractivity contribution in [1.29, 1.82) is 0 Å². The Balaban J connectivity index is 2.50. The molecule has 3 nitrogen and oxygen atoms in total. The van der Waals surface area contributed by atoms with Crippen molar-refractivity contribution in [3.05, 3.63) is 0 Å². The first-order valence-corrected chi connectivity index (χ1v) is 4.79. The molecule has 0 aromatic rings. The number of carbonyl (C=O) groups excluding carboxylic acids is 1. The van der Waals surface area contributed by atoms with Crippen LogP contribution in [-0.4, -0.2) is 16.9 Å². The maximum Gasteiger partial charge on any atom is 0.306 e. The summed E-state index contributed by atoms with van der Waals surface area (Å²) in [5.74, 6) is -0.769. The lowest BCUT2D eigenvalue weighted by atomic mass is 9.93. The first-order chi connectivity index (χ1) is 6.02. The molecule has 13 heavy (non-hydrogen) atoms. The van der Waals surface area contributed by atoms with Gasteiger partial charge in [0.1, 0.15) is 5.78 Å². The van der Waals surface area contributed by atoms with E-state index in [9.17, 15) is 9.59 Å². The van der Waals surface area contributed by atoms with Crippen LogP contribution in [-0.2, 0) is 9.59 Å². The van der Waals surface area contributed by atoms with Crippen molar-refractivity contribution >= 4 is 11.8 Å². The number of carboxylic acids is 1. The summed E-state index contributed by atoms with van der Waals surface area (Å²) in [6.07, 6.45) is 1.97. The van der Waals surface area contributed by atoms with E-state index in [4.69, 9.17) is 5.11 Å². The van der Waals surface area contributed by atoms with Crippen LogP contribution in [0.15, 0.2) is 0 Å². The van der Waals surface area contributed by atoms with Crippen molar-refractivity contribution in [1.82, 2.24) is 0 Å². The number of carboxylic acid groups (broad SMARTS) is 1. The first kappa shape index (κ1) is 10.2.